The number of aryl methyl sites for hydroxylation is 2. The van der Waals surface area contributed by atoms with Crippen molar-refractivity contribution >= 4 is 27.7 Å². The van der Waals surface area contributed by atoms with Gasteiger partial charge in [0.1, 0.15) is 5.52 Å². The fourth-order valence-electron chi connectivity index (χ4n) is 3.99. The van der Waals surface area contributed by atoms with Gasteiger partial charge in [-0.05, 0) is 37.8 Å². The SMILES string of the molecule is C[C@@H](CCc1ccccc1)NC(=O)CCCn1c2ccccc2c2cn[nH]c(=O)c21. The van der Waals surface area contributed by atoms with Crippen LogP contribution in [0, 0.1) is 0 Å². The molecule has 0 aliphatic carbocycles. The van der Waals surface area contributed by atoms with Crippen LogP contribution in [-0.4, -0.2) is 26.7 Å². The molecule has 0 saturated carbocycles. The Bertz CT molecular complexity index is 1210. The molecule has 0 spiro atoms. The van der Waals surface area contributed by atoms with E-state index in [4.69, 9.17) is 0 Å². The summed E-state index contributed by atoms with van der Waals surface area (Å²) in [5.74, 6) is 0.0481. The smallest absolute Gasteiger partial charge is 0.288 e. The number of para-hydroxylation sites is 1. The molecule has 0 saturated heterocycles. The monoisotopic (exact) mass is 402 g/mol. The van der Waals surface area contributed by atoms with Crippen molar-refractivity contribution in [3.05, 3.63) is 76.7 Å². The average Bonchev–Trinajstić information content (AvgIpc) is 3.08. The second-order valence-electron chi connectivity index (χ2n) is 7.73. The predicted octanol–water partition coefficient (Wildman–Crippen LogP) is 3.80. The van der Waals surface area contributed by atoms with Crippen molar-refractivity contribution in [2.45, 2.75) is 45.2 Å². The largest absolute Gasteiger partial charge is 0.354 e. The Morgan fingerprint density at radius 3 is 2.70 bits per heavy atom. The lowest BCUT2D eigenvalue weighted by Gasteiger charge is -2.14. The summed E-state index contributed by atoms with van der Waals surface area (Å²) in [6.45, 7) is 2.64. The number of carbonyl (C=O) groups is 1. The van der Waals surface area contributed by atoms with Gasteiger partial charge in [0.05, 0.1) is 6.20 Å². The number of aromatic amines is 1. The molecular formula is C24H26N4O2. The van der Waals surface area contributed by atoms with E-state index >= 15 is 0 Å². The number of amides is 1. The van der Waals surface area contributed by atoms with Gasteiger partial charge < -0.3 is 9.88 Å². The molecular weight excluding hydrogens is 376 g/mol. The number of fused-ring (bicyclic) bond motifs is 3. The summed E-state index contributed by atoms with van der Waals surface area (Å²) in [6, 6.07) is 18.3. The number of rotatable bonds is 8. The minimum Gasteiger partial charge on any atom is -0.354 e. The highest BCUT2D eigenvalue weighted by Gasteiger charge is 2.14. The maximum atomic E-state index is 12.4. The third-order valence-electron chi connectivity index (χ3n) is 5.49. The number of nitrogens with one attached hydrogen (secondary N) is 2. The van der Waals surface area contributed by atoms with Gasteiger partial charge in [0.15, 0.2) is 0 Å². The normalized spacial score (nSPS) is 12.3. The summed E-state index contributed by atoms with van der Waals surface area (Å²) < 4.78 is 2.00. The van der Waals surface area contributed by atoms with Crippen molar-refractivity contribution in [3.63, 3.8) is 0 Å². The van der Waals surface area contributed by atoms with Gasteiger partial charge in [-0.15, -0.1) is 0 Å². The molecule has 0 unspecified atom stereocenters. The third-order valence-corrected chi connectivity index (χ3v) is 5.49. The van der Waals surface area contributed by atoms with E-state index in [1.54, 1.807) is 6.20 Å². The molecule has 0 fully saturated rings. The molecule has 4 aromatic rings. The summed E-state index contributed by atoms with van der Waals surface area (Å²) in [4.78, 5) is 24.8. The van der Waals surface area contributed by atoms with E-state index < -0.39 is 0 Å². The number of H-pyrrole nitrogens is 1. The lowest BCUT2D eigenvalue weighted by molar-refractivity contribution is -0.121. The molecule has 2 aromatic heterocycles. The number of carbonyl (C=O) groups excluding carboxylic acids is 1. The fraction of sp³-hybridized carbons (Fsp3) is 0.292. The van der Waals surface area contributed by atoms with E-state index in [-0.39, 0.29) is 17.5 Å². The molecule has 6 nitrogen and oxygen atoms in total. The van der Waals surface area contributed by atoms with Crippen LogP contribution >= 0.6 is 0 Å². The molecule has 2 aromatic carbocycles. The van der Waals surface area contributed by atoms with Crippen molar-refractivity contribution in [2.24, 2.45) is 0 Å². The summed E-state index contributed by atoms with van der Waals surface area (Å²) >= 11 is 0. The Hall–Kier alpha value is -3.41. The van der Waals surface area contributed by atoms with Crippen molar-refractivity contribution in [1.29, 1.82) is 0 Å². The minimum atomic E-state index is -0.206. The van der Waals surface area contributed by atoms with Crippen molar-refractivity contribution in [3.8, 4) is 0 Å². The Kier molecular flexibility index (Phi) is 5.93. The molecule has 0 bridgehead atoms. The highest BCUT2D eigenvalue weighted by Crippen LogP contribution is 2.26. The van der Waals surface area contributed by atoms with Gasteiger partial charge >= 0.3 is 0 Å². The van der Waals surface area contributed by atoms with Crippen LogP contribution in [0.5, 0.6) is 0 Å². The number of aromatic nitrogens is 3. The lowest BCUT2D eigenvalue weighted by atomic mass is 10.1. The summed E-state index contributed by atoms with van der Waals surface area (Å²) in [6.07, 6.45) is 4.63. The van der Waals surface area contributed by atoms with Crippen LogP contribution in [0.1, 0.15) is 31.7 Å². The van der Waals surface area contributed by atoms with E-state index in [1.807, 2.05) is 54.0 Å². The zero-order chi connectivity index (χ0) is 20.9. The van der Waals surface area contributed by atoms with Crippen LogP contribution in [0.25, 0.3) is 21.8 Å². The van der Waals surface area contributed by atoms with Crippen molar-refractivity contribution in [2.75, 3.05) is 0 Å². The predicted molar refractivity (Wildman–Crippen MR) is 119 cm³/mol. The number of benzene rings is 2. The van der Waals surface area contributed by atoms with Crippen LogP contribution in [0.4, 0.5) is 0 Å². The molecule has 6 heteroatoms. The van der Waals surface area contributed by atoms with Gasteiger partial charge in [0, 0.05) is 35.3 Å². The van der Waals surface area contributed by atoms with Crippen molar-refractivity contribution in [1.82, 2.24) is 20.1 Å². The van der Waals surface area contributed by atoms with Gasteiger partial charge in [-0.2, -0.15) is 5.10 Å². The molecule has 30 heavy (non-hydrogen) atoms. The standard InChI is InChI=1S/C24H26N4O2/c1-17(13-14-18-8-3-2-4-9-18)26-22(29)12-7-15-28-21-11-6-5-10-19(21)20-16-25-27-24(30)23(20)28/h2-6,8-11,16-17H,7,12-15H2,1H3,(H,26,29)(H,27,30)/t17-/m0/s1. The first-order chi connectivity index (χ1) is 14.6. The highest BCUT2D eigenvalue weighted by molar-refractivity contribution is 6.07. The first-order valence-electron chi connectivity index (χ1n) is 10.4. The second kappa shape index (κ2) is 8.95. The Labute approximate surface area is 174 Å². The van der Waals surface area contributed by atoms with Gasteiger partial charge in [0.2, 0.25) is 5.91 Å². The Morgan fingerprint density at radius 1 is 1.10 bits per heavy atom. The highest BCUT2D eigenvalue weighted by atomic mass is 16.1. The second-order valence-corrected chi connectivity index (χ2v) is 7.73. The number of hydrogen-bond donors (Lipinski definition) is 2. The van der Waals surface area contributed by atoms with Crippen LogP contribution in [0.15, 0.2) is 65.6 Å². The summed E-state index contributed by atoms with van der Waals surface area (Å²) in [5.41, 5.74) is 2.68. The molecule has 2 heterocycles. The van der Waals surface area contributed by atoms with Gasteiger partial charge in [0.25, 0.3) is 5.56 Å². The Balaban J connectivity index is 1.36. The molecule has 0 aliphatic heterocycles. The molecule has 154 valence electrons. The molecule has 0 radical (unpaired) electrons. The van der Waals surface area contributed by atoms with Gasteiger partial charge in [-0.3, -0.25) is 9.59 Å². The molecule has 1 atom stereocenters. The average molecular weight is 402 g/mol. The van der Waals surface area contributed by atoms with Crippen LogP contribution in [-0.2, 0) is 17.8 Å². The first-order valence-corrected chi connectivity index (χ1v) is 10.4. The maximum absolute atomic E-state index is 12.4. The topological polar surface area (TPSA) is 79.8 Å². The molecule has 1 amide bonds. The third kappa shape index (κ3) is 4.27. The fourth-order valence-corrected chi connectivity index (χ4v) is 3.99. The van der Waals surface area contributed by atoms with E-state index in [2.05, 4.69) is 27.6 Å². The van der Waals surface area contributed by atoms with E-state index in [0.717, 1.165) is 29.1 Å². The number of nitrogens with zero attached hydrogens (tertiary/aromatic N) is 2. The van der Waals surface area contributed by atoms with E-state index in [1.165, 1.54) is 5.56 Å². The van der Waals surface area contributed by atoms with Crippen LogP contribution in [0.2, 0.25) is 0 Å². The molecule has 2 N–H and O–H groups in total. The van der Waals surface area contributed by atoms with Crippen LogP contribution < -0.4 is 10.9 Å². The molecule has 0 aliphatic rings. The molecule has 4 rings (SSSR count). The van der Waals surface area contributed by atoms with Crippen molar-refractivity contribution < 1.29 is 4.79 Å². The quantitative estimate of drug-likeness (QED) is 0.470. The number of hydrogen-bond acceptors (Lipinski definition) is 3. The van der Waals surface area contributed by atoms with Crippen LogP contribution in [0.3, 0.4) is 0 Å². The maximum Gasteiger partial charge on any atom is 0.288 e. The zero-order valence-corrected chi connectivity index (χ0v) is 17.1. The van der Waals surface area contributed by atoms with E-state index in [0.29, 0.717) is 24.9 Å². The first kappa shape index (κ1) is 19.9. The van der Waals surface area contributed by atoms with Gasteiger partial charge in [-0.1, -0.05) is 48.5 Å². The zero-order valence-electron chi connectivity index (χ0n) is 17.1. The summed E-state index contributed by atoms with van der Waals surface area (Å²) in [5, 5.41) is 11.4. The van der Waals surface area contributed by atoms with Gasteiger partial charge in [-0.25, -0.2) is 5.10 Å². The van der Waals surface area contributed by atoms with E-state index in [9.17, 15) is 9.59 Å². The summed E-state index contributed by atoms with van der Waals surface area (Å²) in [7, 11) is 0. The lowest BCUT2D eigenvalue weighted by Crippen LogP contribution is -2.32. The Morgan fingerprint density at radius 2 is 1.87 bits per heavy atom. The minimum absolute atomic E-state index is 0.0481.